The van der Waals surface area contributed by atoms with Gasteiger partial charge in [-0.15, -0.1) is 0 Å². The third kappa shape index (κ3) is 4.82. The van der Waals surface area contributed by atoms with E-state index in [1.165, 1.54) is 11.1 Å². The van der Waals surface area contributed by atoms with Crippen LogP contribution >= 0.6 is 0 Å². The van der Waals surface area contributed by atoms with Gasteiger partial charge in [-0.25, -0.2) is 9.67 Å². The van der Waals surface area contributed by atoms with Crippen molar-refractivity contribution in [2.75, 3.05) is 0 Å². The Kier molecular flexibility index (Phi) is 6.07. The van der Waals surface area contributed by atoms with E-state index in [0.29, 0.717) is 0 Å². The van der Waals surface area contributed by atoms with Crippen molar-refractivity contribution in [3.63, 3.8) is 0 Å². The van der Waals surface area contributed by atoms with Gasteiger partial charge in [-0.1, -0.05) is 74.9 Å². The Bertz CT molecular complexity index is 1280. The van der Waals surface area contributed by atoms with Crippen LogP contribution in [-0.4, -0.2) is 20.7 Å². The van der Waals surface area contributed by atoms with Crippen molar-refractivity contribution in [3.8, 4) is 11.1 Å². The minimum absolute atomic E-state index is 0.0886. The smallest absolute Gasteiger partial charge is 0.242 e. The average molecular weight is 441 g/mol. The third-order valence-electron chi connectivity index (χ3n) is 6.12. The summed E-state index contributed by atoms with van der Waals surface area (Å²) in [4.78, 5) is 17.4. The summed E-state index contributed by atoms with van der Waals surface area (Å²) < 4.78 is 1.70. The molecule has 1 unspecified atom stereocenters. The molecule has 1 atom stereocenters. The predicted molar refractivity (Wildman–Crippen MR) is 134 cm³/mol. The Balaban J connectivity index is 1.54. The zero-order valence-corrected chi connectivity index (χ0v) is 20.3. The Labute approximate surface area is 195 Å². The number of fused-ring (bicyclic) bond motifs is 1. The predicted octanol–water partition coefficient (Wildman–Crippen LogP) is 5.89. The Morgan fingerprint density at radius 3 is 2.30 bits per heavy atom. The van der Waals surface area contributed by atoms with Gasteiger partial charge in [0.1, 0.15) is 6.54 Å². The zero-order valence-electron chi connectivity index (χ0n) is 20.3. The number of nitrogens with one attached hydrogen (secondary N) is 1. The van der Waals surface area contributed by atoms with Crippen molar-refractivity contribution in [3.05, 3.63) is 83.2 Å². The van der Waals surface area contributed by atoms with Crippen LogP contribution in [0, 0.1) is 13.8 Å². The maximum Gasteiger partial charge on any atom is 0.242 e. The standard InChI is InChI=1S/C28H32N4O/c1-18-7-9-22(10-8-18)24-15-16-29-27-26(24)20(3)31-32(27)17-25(33)30-19(2)21-11-13-23(14-12-21)28(4,5)6/h7-16,19H,17H2,1-6H3,(H,30,33). The molecule has 170 valence electrons. The molecule has 5 nitrogen and oxygen atoms in total. The molecule has 1 N–H and O–H groups in total. The molecular weight excluding hydrogens is 408 g/mol. The number of aromatic nitrogens is 3. The van der Waals surface area contributed by atoms with Gasteiger partial charge in [-0.3, -0.25) is 4.79 Å². The Morgan fingerprint density at radius 1 is 1.00 bits per heavy atom. The molecule has 4 rings (SSSR count). The maximum atomic E-state index is 12.9. The lowest BCUT2D eigenvalue weighted by atomic mass is 9.86. The molecule has 33 heavy (non-hydrogen) atoms. The van der Waals surface area contributed by atoms with Gasteiger partial charge in [-0.05, 0) is 54.5 Å². The number of hydrogen-bond acceptors (Lipinski definition) is 3. The fraction of sp³-hybridized carbons (Fsp3) is 0.321. The van der Waals surface area contributed by atoms with Gasteiger partial charge in [0.2, 0.25) is 5.91 Å². The van der Waals surface area contributed by atoms with E-state index in [1.807, 2.05) is 19.9 Å². The number of hydrogen-bond donors (Lipinski definition) is 1. The topological polar surface area (TPSA) is 59.8 Å². The van der Waals surface area contributed by atoms with Gasteiger partial charge in [0, 0.05) is 11.6 Å². The molecule has 0 bridgehead atoms. The number of rotatable bonds is 5. The van der Waals surface area contributed by atoms with E-state index in [4.69, 9.17) is 0 Å². The highest BCUT2D eigenvalue weighted by Gasteiger charge is 2.18. The van der Waals surface area contributed by atoms with Crippen LogP contribution in [-0.2, 0) is 16.8 Å². The van der Waals surface area contributed by atoms with Crippen LogP contribution in [0.25, 0.3) is 22.2 Å². The molecule has 1 amide bonds. The summed E-state index contributed by atoms with van der Waals surface area (Å²) in [6.45, 7) is 12.8. The average Bonchev–Trinajstić information content (AvgIpc) is 3.09. The zero-order chi connectivity index (χ0) is 23.8. The minimum atomic E-state index is -0.0921. The summed E-state index contributed by atoms with van der Waals surface area (Å²) in [5.74, 6) is -0.0886. The summed E-state index contributed by atoms with van der Waals surface area (Å²) in [7, 11) is 0. The van der Waals surface area contributed by atoms with Crippen molar-refractivity contribution in [2.24, 2.45) is 0 Å². The van der Waals surface area contributed by atoms with Crippen molar-refractivity contribution >= 4 is 16.9 Å². The molecule has 5 heteroatoms. The lowest BCUT2D eigenvalue weighted by Crippen LogP contribution is -2.30. The number of carbonyl (C=O) groups is 1. The molecule has 2 aromatic heterocycles. The van der Waals surface area contributed by atoms with Crippen molar-refractivity contribution in [1.29, 1.82) is 0 Å². The van der Waals surface area contributed by atoms with Crippen LogP contribution in [0.4, 0.5) is 0 Å². The SMILES string of the molecule is Cc1ccc(-c2ccnc3c2c(C)nn3CC(=O)NC(C)c2ccc(C(C)(C)C)cc2)cc1. The quantitative estimate of drug-likeness (QED) is 0.421. The molecule has 0 fully saturated rings. The van der Waals surface area contributed by atoms with E-state index >= 15 is 0 Å². The van der Waals surface area contributed by atoms with Crippen molar-refractivity contribution < 1.29 is 4.79 Å². The second-order valence-corrected chi connectivity index (χ2v) is 9.83. The van der Waals surface area contributed by atoms with Gasteiger partial charge < -0.3 is 5.32 Å². The van der Waals surface area contributed by atoms with Crippen LogP contribution in [0.1, 0.15) is 56.1 Å². The first-order valence-electron chi connectivity index (χ1n) is 11.4. The molecule has 0 aliphatic heterocycles. The minimum Gasteiger partial charge on any atom is -0.348 e. The van der Waals surface area contributed by atoms with Gasteiger partial charge in [0.25, 0.3) is 0 Å². The summed E-state index contributed by atoms with van der Waals surface area (Å²) in [5, 5.41) is 8.73. The molecule has 4 aromatic rings. The number of pyridine rings is 1. The molecule has 0 aliphatic rings. The molecule has 2 heterocycles. The first kappa shape index (κ1) is 22.7. The summed E-state index contributed by atoms with van der Waals surface area (Å²) in [5.41, 5.74) is 7.47. The first-order valence-corrected chi connectivity index (χ1v) is 11.4. The molecule has 0 saturated heterocycles. The highest BCUT2D eigenvalue weighted by atomic mass is 16.2. The van der Waals surface area contributed by atoms with Crippen LogP contribution in [0.15, 0.2) is 60.8 Å². The first-order chi connectivity index (χ1) is 15.6. The van der Waals surface area contributed by atoms with E-state index < -0.39 is 0 Å². The number of benzene rings is 2. The van der Waals surface area contributed by atoms with Crippen molar-refractivity contribution in [1.82, 2.24) is 20.1 Å². The summed E-state index contributed by atoms with van der Waals surface area (Å²) in [6, 6.07) is 18.8. The molecule has 0 radical (unpaired) electrons. The maximum absolute atomic E-state index is 12.9. The lowest BCUT2D eigenvalue weighted by Gasteiger charge is -2.20. The van der Waals surface area contributed by atoms with Gasteiger partial charge in [0.05, 0.1) is 11.7 Å². The monoisotopic (exact) mass is 440 g/mol. The molecule has 0 saturated carbocycles. The number of amides is 1. The van der Waals surface area contributed by atoms with Crippen molar-refractivity contribution in [2.45, 2.75) is 59.5 Å². The second-order valence-electron chi connectivity index (χ2n) is 9.83. The highest BCUT2D eigenvalue weighted by Crippen LogP contribution is 2.30. The number of carbonyl (C=O) groups excluding carboxylic acids is 1. The van der Waals surface area contributed by atoms with Gasteiger partial charge in [0.15, 0.2) is 5.65 Å². The number of nitrogens with zero attached hydrogens (tertiary/aromatic N) is 3. The van der Waals surface area contributed by atoms with Crippen LogP contribution in [0.3, 0.4) is 0 Å². The summed E-state index contributed by atoms with van der Waals surface area (Å²) >= 11 is 0. The van der Waals surface area contributed by atoms with E-state index in [2.05, 4.69) is 91.6 Å². The summed E-state index contributed by atoms with van der Waals surface area (Å²) in [6.07, 6.45) is 1.78. The van der Waals surface area contributed by atoms with E-state index in [0.717, 1.165) is 33.4 Å². The van der Waals surface area contributed by atoms with Gasteiger partial charge in [-0.2, -0.15) is 5.10 Å². The highest BCUT2D eigenvalue weighted by molar-refractivity contribution is 5.95. The molecule has 0 aliphatic carbocycles. The van der Waals surface area contributed by atoms with E-state index in [-0.39, 0.29) is 23.9 Å². The Morgan fingerprint density at radius 2 is 1.67 bits per heavy atom. The molecule has 2 aromatic carbocycles. The molecular formula is C28H32N4O. The van der Waals surface area contributed by atoms with Crippen LogP contribution in [0.2, 0.25) is 0 Å². The van der Waals surface area contributed by atoms with E-state index in [1.54, 1.807) is 10.9 Å². The van der Waals surface area contributed by atoms with Gasteiger partial charge >= 0.3 is 0 Å². The largest absolute Gasteiger partial charge is 0.348 e. The fourth-order valence-corrected chi connectivity index (χ4v) is 4.14. The Hall–Kier alpha value is -3.47. The lowest BCUT2D eigenvalue weighted by molar-refractivity contribution is -0.122. The normalized spacial score (nSPS) is 12.7. The number of aryl methyl sites for hydroxylation is 2. The van der Waals surface area contributed by atoms with E-state index in [9.17, 15) is 4.79 Å². The third-order valence-corrected chi connectivity index (χ3v) is 6.12. The fourth-order valence-electron chi connectivity index (χ4n) is 4.14. The molecule has 0 spiro atoms. The second kappa shape index (κ2) is 8.81. The van der Waals surface area contributed by atoms with Crippen LogP contribution < -0.4 is 5.32 Å². The van der Waals surface area contributed by atoms with Crippen LogP contribution in [0.5, 0.6) is 0 Å².